The molecule has 0 amide bonds. The number of hydrogen-bond donors (Lipinski definition) is 0. The van der Waals surface area contributed by atoms with E-state index in [4.69, 9.17) is 10.3 Å². The summed E-state index contributed by atoms with van der Waals surface area (Å²) in [5.41, 5.74) is 7.54. The number of hydrogen-bond acceptors (Lipinski definition) is 4. The van der Waals surface area contributed by atoms with E-state index in [-0.39, 0.29) is 23.4 Å². The number of halogens is 2. The maximum absolute atomic E-state index is 13.0. The first-order valence-electron chi connectivity index (χ1n) is 4.33. The van der Waals surface area contributed by atoms with Crippen LogP contribution in [0.15, 0.2) is 21.7 Å². The summed E-state index contributed by atoms with van der Waals surface area (Å²) in [6, 6.07) is 1.81. The van der Waals surface area contributed by atoms with Crippen molar-refractivity contribution in [1.29, 1.82) is 0 Å². The van der Waals surface area contributed by atoms with Crippen molar-refractivity contribution < 1.29 is 14.1 Å². The van der Waals surface area contributed by atoms with Gasteiger partial charge in [0.05, 0.1) is 28.6 Å². The SMILES string of the molecule is [N-]=[N+]=NCCOc1c(Br)cc(F)cc1[N+](=O)[O-]. The van der Waals surface area contributed by atoms with Gasteiger partial charge in [0.15, 0.2) is 0 Å². The van der Waals surface area contributed by atoms with Gasteiger partial charge in [-0.25, -0.2) is 4.39 Å². The molecule has 1 aromatic carbocycles. The van der Waals surface area contributed by atoms with Crippen molar-refractivity contribution in [3.63, 3.8) is 0 Å². The molecule has 0 saturated carbocycles. The van der Waals surface area contributed by atoms with Crippen LogP contribution in [0.1, 0.15) is 0 Å². The number of nitrogens with zero attached hydrogens (tertiary/aromatic N) is 4. The Bertz CT molecular complexity index is 490. The Morgan fingerprint density at radius 2 is 2.35 bits per heavy atom. The van der Waals surface area contributed by atoms with Crippen LogP contribution in [-0.4, -0.2) is 18.1 Å². The summed E-state index contributed by atoms with van der Waals surface area (Å²) in [7, 11) is 0. The van der Waals surface area contributed by atoms with Crippen molar-refractivity contribution in [2.24, 2.45) is 5.11 Å². The Balaban J connectivity index is 2.96. The van der Waals surface area contributed by atoms with Gasteiger partial charge in [0.2, 0.25) is 5.75 Å². The lowest BCUT2D eigenvalue weighted by atomic mass is 10.3. The molecule has 0 aliphatic heterocycles. The lowest BCUT2D eigenvalue weighted by Gasteiger charge is -2.07. The number of benzene rings is 1. The van der Waals surface area contributed by atoms with Crippen LogP contribution < -0.4 is 4.74 Å². The van der Waals surface area contributed by atoms with Crippen LogP contribution in [0.25, 0.3) is 10.4 Å². The summed E-state index contributed by atoms with van der Waals surface area (Å²) in [5, 5.41) is 13.9. The fourth-order valence-corrected chi connectivity index (χ4v) is 1.59. The van der Waals surface area contributed by atoms with Gasteiger partial charge in [-0.05, 0) is 27.5 Å². The van der Waals surface area contributed by atoms with Gasteiger partial charge < -0.3 is 4.74 Å². The van der Waals surface area contributed by atoms with E-state index in [0.29, 0.717) is 0 Å². The Labute approximate surface area is 103 Å². The van der Waals surface area contributed by atoms with Gasteiger partial charge in [0.1, 0.15) is 5.82 Å². The maximum Gasteiger partial charge on any atom is 0.315 e. The van der Waals surface area contributed by atoms with E-state index in [1.54, 1.807) is 0 Å². The first-order chi connectivity index (χ1) is 8.06. The van der Waals surface area contributed by atoms with Crippen molar-refractivity contribution >= 4 is 21.6 Å². The van der Waals surface area contributed by atoms with Crippen LogP contribution >= 0.6 is 15.9 Å². The van der Waals surface area contributed by atoms with Crippen molar-refractivity contribution in [1.82, 2.24) is 0 Å². The van der Waals surface area contributed by atoms with Crippen molar-refractivity contribution in [3.8, 4) is 5.75 Å². The smallest absolute Gasteiger partial charge is 0.315 e. The number of azide groups is 1. The van der Waals surface area contributed by atoms with Gasteiger partial charge in [-0.2, -0.15) is 0 Å². The quantitative estimate of drug-likeness (QED) is 0.208. The molecular weight excluding hydrogens is 299 g/mol. The van der Waals surface area contributed by atoms with E-state index in [1.165, 1.54) is 0 Å². The number of nitro groups is 1. The summed E-state index contributed by atoms with van der Waals surface area (Å²) >= 11 is 2.96. The predicted octanol–water partition coefficient (Wildman–Crippen LogP) is 3.19. The third-order valence-corrected chi connectivity index (χ3v) is 2.28. The summed E-state index contributed by atoms with van der Waals surface area (Å²) in [6.45, 7) is -0.00734. The molecule has 9 heteroatoms. The molecule has 1 aromatic rings. The third kappa shape index (κ3) is 3.58. The average Bonchev–Trinajstić information content (AvgIpc) is 2.25. The van der Waals surface area contributed by atoms with E-state index < -0.39 is 16.4 Å². The lowest BCUT2D eigenvalue weighted by Crippen LogP contribution is -2.04. The molecule has 7 nitrogen and oxygen atoms in total. The summed E-state index contributed by atoms with van der Waals surface area (Å²) < 4.78 is 18.2. The molecule has 0 spiro atoms. The molecule has 0 bridgehead atoms. The fourth-order valence-electron chi connectivity index (χ4n) is 1.06. The second kappa shape index (κ2) is 6.02. The van der Waals surface area contributed by atoms with Crippen LogP contribution in [-0.2, 0) is 0 Å². The molecule has 0 N–H and O–H groups in total. The minimum Gasteiger partial charge on any atom is -0.486 e. The molecule has 0 radical (unpaired) electrons. The molecular formula is C8H6BrFN4O3. The third-order valence-electron chi connectivity index (χ3n) is 1.69. The van der Waals surface area contributed by atoms with Crippen LogP contribution in [0.3, 0.4) is 0 Å². The van der Waals surface area contributed by atoms with Crippen LogP contribution in [0.2, 0.25) is 0 Å². The zero-order valence-electron chi connectivity index (χ0n) is 8.34. The van der Waals surface area contributed by atoms with Gasteiger partial charge >= 0.3 is 5.69 Å². The monoisotopic (exact) mass is 304 g/mol. The Hall–Kier alpha value is -1.86. The average molecular weight is 305 g/mol. The number of ether oxygens (including phenoxy) is 1. The highest BCUT2D eigenvalue weighted by Crippen LogP contribution is 2.35. The minimum atomic E-state index is -0.753. The van der Waals surface area contributed by atoms with Gasteiger partial charge in [0, 0.05) is 4.91 Å². The summed E-state index contributed by atoms with van der Waals surface area (Å²) in [5.74, 6) is -0.837. The van der Waals surface area contributed by atoms with E-state index in [0.717, 1.165) is 12.1 Å². The van der Waals surface area contributed by atoms with Gasteiger partial charge in [-0.15, -0.1) is 0 Å². The molecule has 0 unspecified atom stereocenters. The van der Waals surface area contributed by atoms with Gasteiger partial charge in [0.25, 0.3) is 0 Å². The second-order valence-corrected chi connectivity index (χ2v) is 3.65. The molecule has 0 aliphatic rings. The molecule has 0 aliphatic carbocycles. The molecule has 0 saturated heterocycles. The predicted molar refractivity (Wildman–Crippen MR) is 60.3 cm³/mol. The van der Waals surface area contributed by atoms with E-state index >= 15 is 0 Å². The summed E-state index contributed by atoms with van der Waals surface area (Å²) in [4.78, 5) is 12.4. The molecule has 0 atom stereocenters. The van der Waals surface area contributed by atoms with E-state index in [2.05, 4.69) is 26.0 Å². The topological polar surface area (TPSA) is 101 Å². The zero-order valence-corrected chi connectivity index (χ0v) is 9.92. The Kier molecular flexibility index (Phi) is 4.68. The van der Waals surface area contributed by atoms with E-state index in [9.17, 15) is 14.5 Å². The number of rotatable bonds is 5. The highest BCUT2D eigenvalue weighted by molar-refractivity contribution is 9.10. The van der Waals surface area contributed by atoms with Crippen LogP contribution in [0.5, 0.6) is 5.75 Å². The molecule has 0 heterocycles. The molecule has 1 rings (SSSR count). The Morgan fingerprint density at radius 3 is 2.94 bits per heavy atom. The highest BCUT2D eigenvalue weighted by Gasteiger charge is 2.20. The second-order valence-electron chi connectivity index (χ2n) is 2.80. The van der Waals surface area contributed by atoms with Crippen LogP contribution in [0.4, 0.5) is 10.1 Å². The Morgan fingerprint density at radius 1 is 1.65 bits per heavy atom. The van der Waals surface area contributed by atoms with Crippen molar-refractivity contribution in [2.45, 2.75) is 0 Å². The van der Waals surface area contributed by atoms with Crippen molar-refractivity contribution in [3.05, 3.63) is 43.0 Å². The zero-order chi connectivity index (χ0) is 12.8. The molecule has 0 fully saturated rings. The van der Waals surface area contributed by atoms with Gasteiger partial charge in [-0.3, -0.25) is 10.1 Å². The summed E-state index contributed by atoms with van der Waals surface area (Å²) in [6.07, 6.45) is 0. The van der Waals surface area contributed by atoms with E-state index in [1.807, 2.05) is 0 Å². The van der Waals surface area contributed by atoms with Crippen LogP contribution in [0, 0.1) is 15.9 Å². The molecule has 17 heavy (non-hydrogen) atoms. The maximum atomic E-state index is 13.0. The highest BCUT2D eigenvalue weighted by atomic mass is 79.9. The van der Waals surface area contributed by atoms with Crippen molar-refractivity contribution in [2.75, 3.05) is 13.2 Å². The largest absolute Gasteiger partial charge is 0.486 e. The standard InChI is InChI=1S/C8H6BrFN4O3/c9-6-3-5(10)4-7(14(15)16)8(6)17-2-1-12-13-11/h3-4H,1-2H2. The minimum absolute atomic E-state index is 0.0253. The molecule has 0 aromatic heterocycles. The van der Waals surface area contributed by atoms with Gasteiger partial charge in [-0.1, -0.05) is 5.11 Å². The normalized spacial score (nSPS) is 9.53. The first kappa shape index (κ1) is 13.2. The number of nitro benzene ring substituents is 1. The molecule has 90 valence electrons. The fraction of sp³-hybridized carbons (Fsp3) is 0.250. The first-order valence-corrected chi connectivity index (χ1v) is 5.12. The lowest BCUT2D eigenvalue weighted by molar-refractivity contribution is -0.386.